The van der Waals surface area contributed by atoms with Crippen molar-refractivity contribution in [1.82, 2.24) is 4.09 Å². The van der Waals surface area contributed by atoms with Crippen molar-refractivity contribution in [2.45, 2.75) is 0 Å². The quantitative estimate of drug-likeness (QED) is 0.572. The molecule has 2 rings (SSSR count). The maximum atomic E-state index is 12.9. The summed E-state index contributed by atoms with van der Waals surface area (Å²) in [6.07, 6.45) is 1.62. The van der Waals surface area contributed by atoms with Gasteiger partial charge in [0.05, 0.1) is 5.52 Å². The van der Waals surface area contributed by atoms with Crippen molar-refractivity contribution in [2.24, 2.45) is 0 Å². The molecule has 0 N–H and O–H groups in total. The van der Waals surface area contributed by atoms with Gasteiger partial charge in [-0.25, -0.2) is 4.39 Å². The lowest BCUT2D eigenvalue weighted by Gasteiger charge is -1.92. The molecule has 1 aromatic carbocycles. The highest BCUT2D eigenvalue weighted by molar-refractivity contribution is 6.19. The van der Waals surface area contributed by atoms with Gasteiger partial charge in [-0.3, -0.25) is 4.09 Å². The van der Waals surface area contributed by atoms with E-state index < -0.39 is 0 Å². The highest BCUT2D eigenvalue weighted by atomic mass is 35.5. The van der Waals surface area contributed by atoms with Crippen LogP contribution in [0.2, 0.25) is 0 Å². The van der Waals surface area contributed by atoms with Crippen LogP contribution in [-0.2, 0) is 0 Å². The monoisotopic (exact) mass is 169 g/mol. The van der Waals surface area contributed by atoms with Crippen molar-refractivity contribution in [3.63, 3.8) is 0 Å². The molecule has 0 aliphatic carbocycles. The summed E-state index contributed by atoms with van der Waals surface area (Å²) in [5.41, 5.74) is 0.701. The van der Waals surface area contributed by atoms with Gasteiger partial charge >= 0.3 is 0 Å². The topological polar surface area (TPSA) is 4.93 Å². The summed E-state index contributed by atoms with van der Waals surface area (Å²) in [5.74, 6) is -0.234. The molecule has 0 unspecified atom stereocenters. The van der Waals surface area contributed by atoms with E-state index in [0.29, 0.717) is 10.9 Å². The second-order valence-electron chi connectivity index (χ2n) is 2.30. The van der Waals surface area contributed by atoms with E-state index in [4.69, 9.17) is 11.8 Å². The summed E-state index contributed by atoms with van der Waals surface area (Å²) < 4.78 is 14.3. The fourth-order valence-electron chi connectivity index (χ4n) is 1.10. The lowest BCUT2D eigenvalue weighted by molar-refractivity contribution is 0.640. The van der Waals surface area contributed by atoms with E-state index in [9.17, 15) is 4.39 Å². The minimum Gasteiger partial charge on any atom is -0.260 e. The van der Waals surface area contributed by atoms with Gasteiger partial charge in [-0.15, -0.1) is 0 Å². The maximum Gasteiger partial charge on any atom is 0.132 e. The second kappa shape index (κ2) is 2.24. The summed E-state index contributed by atoms with van der Waals surface area (Å²) in [5, 5.41) is 0.558. The average Bonchev–Trinajstić information content (AvgIpc) is 2.35. The van der Waals surface area contributed by atoms with E-state index in [-0.39, 0.29) is 5.82 Å². The summed E-state index contributed by atoms with van der Waals surface area (Å²) in [6.45, 7) is 0. The second-order valence-corrected chi connectivity index (χ2v) is 2.66. The third kappa shape index (κ3) is 0.906. The first kappa shape index (κ1) is 6.68. The van der Waals surface area contributed by atoms with Crippen LogP contribution in [0.4, 0.5) is 4.39 Å². The number of fused-ring (bicyclic) bond motifs is 1. The van der Waals surface area contributed by atoms with Crippen LogP contribution in [0, 0.1) is 5.82 Å². The highest BCUT2D eigenvalue weighted by Gasteiger charge is 2.01. The van der Waals surface area contributed by atoms with Crippen LogP contribution in [0.25, 0.3) is 10.9 Å². The van der Waals surface area contributed by atoms with E-state index in [1.165, 1.54) is 10.2 Å². The van der Waals surface area contributed by atoms with Gasteiger partial charge in [-0.2, -0.15) is 0 Å². The van der Waals surface area contributed by atoms with Crippen LogP contribution in [0.15, 0.2) is 30.5 Å². The van der Waals surface area contributed by atoms with Crippen molar-refractivity contribution >= 4 is 22.7 Å². The fraction of sp³-hybridized carbons (Fsp3) is 0. The summed E-state index contributed by atoms with van der Waals surface area (Å²) >= 11 is 5.69. The Balaban J connectivity index is 2.94. The van der Waals surface area contributed by atoms with Gasteiger partial charge in [0.15, 0.2) is 0 Å². The lowest BCUT2D eigenvalue weighted by Crippen LogP contribution is -1.77. The van der Waals surface area contributed by atoms with Gasteiger partial charge < -0.3 is 0 Å². The molecule has 0 saturated carbocycles. The predicted molar refractivity (Wildman–Crippen MR) is 43.1 cm³/mol. The van der Waals surface area contributed by atoms with E-state index in [0.717, 1.165) is 0 Å². The van der Waals surface area contributed by atoms with Crippen LogP contribution in [0.5, 0.6) is 0 Å². The van der Waals surface area contributed by atoms with Crippen molar-refractivity contribution in [2.75, 3.05) is 0 Å². The smallest absolute Gasteiger partial charge is 0.132 e. The highest BCUT2D eigenvalue weighted by Crippen LogP contribution is 2.19. The number of hydrogen-bond donors (Lipinski definition) is 0. The van der Waals surface area contributed by atoms with Gasteiger partial charge in [0.2, 0.25) is 0 Å². The minimum atomic E-state index is -0.234. The van der Waals surface area contributed by atoms with Crippen molar-refractivity contribution in [3.05, 3.63) is 36.3 Å². The van der Waals surface area contributed by atoms with Crippen LogP contribution >= 0.6 is 11.8 Å². The van der Waals surface area contributed by atoms with Gasteiger partial charge in [-0.05, 0) is 18.2 Å². The summed E-state index contributed by atoms with van der Waals surface area (Å²) in [6, 6.07) is 6.47. The number of hydrogen-bond acceptors (Lipinski definition) is 0. The molecule has 1 aromatic heterocycles. The van der Waals surface area contributed by atoms with Crippen molar-refractivity contribution in [1.29, 1.82) is 0 Å². The van der Waals surface area contributed by atoms with Gasteiger partial charge in [0.1, 0.15) is 5.82 Å². The zero-order chi connectivity index (χ0) is 7.84. The summed E-state index contributed by atoms with van der Waals surface area (Å²) in [7, 11) is 0. The predicted octanol–water partition coefficient (Wildman–Crippen LogP) is 2.78. The molecule has 0 fully saturated rings. The van der Waals surface area contributed by atoms with Crippen LogP contribution in [0.3, 0.4) is 0 Å². The maximum absolute atomic E-state index is 12.9. The minimum absolute atomic E-state index is 0.234. The van der Waals surface area contributed by atoms with Crippen LogP contribution in [-0.4, -0.2) is 4.09 Å². The first-order valence-electron chi connectivity index (χ1n) is 3.21. The van der Waals surface area contributed by atoms with Gasteiger partial charge in [0.25, 0.3) is 0 Å². The molecular weight excluding hydrogens is 165 g/mol. The Labute approximate surface area is 68.1 Å². The first-order valence-corrected chi connectivity index (χ1v) is 3.54. The zero-order valence-corrected chi connectivity index (χ0v) is 6.35. The summed E-state index contributed by atoms with van der Waals surface area (Å²) in [4.78, 5) is 0. The molecule has 0 saturated heterocycles. The Morgan fingerprint density at radius 1 is 1.27 bits per heavy atom. The Morgan fingerprint density at radius 2 is 2.09 bits per heavy atom. The molecule has 1 nitrogen and oxygen atoms in total. The molecule has 1 heterocycles. The molecule has 11 heavy (non-hydrogen) atoms. The molecule has 2 aromatic rings. The molecule has 0 aliphatic heterocycles. The van der Waals surface area contributed by atoms with Gasteiger partial charge in [-0.1, -0.05) is 6.07 Å². The molecular formula is C8H5ClFN. The van der Waals surface area contributed by atoms with Crippen LogP contribution in [0.1, 0.15) is 0 Å². The lowest BCUT2D eigenvalue weighted by atomic mass is 10.2. The largest absolute Gasteiger partial charge is 0.260 e. The Kier molecular flexibility index (Phi) is 1.36. The number of nitrogens with zero attached hydrogens (tertiary/aromatic N) is 1. The Hall–Kier alpha value is -1.02. The van der Waals surface area contributed by atoms with Crippen molar-refractivity contribution < 1.29 is 4.39 Å². The fourth-order valence-corrected chi connectivity index (χ4v) is 1.30. The molecule has 0 atom stereocenters. The van der Waals surface area contributed by atoms with E-state index >= 15 is 0 Å². The number of rotatable bonds is 0. The normalized spacial score (nSPS) is 10.7. The molecule has 3 heteroatoms. The van der Waals surface area contributed by atoms with E-state index in [1.54, 1.807) is 24.4 Å². The Morgan fingerprint density at radius 3 is 2.82 bits per heavy atom. The number of benzene rings is 1. The molecule has 0 amide bonds. The molecule has 0 bridgehead atoms. The molecule has 0 aliphatic rings. The average molecular weight is 170 g/mol. The van der Waals surface area contributed by atoms with Crippen LogP contribution < -0.4 is 0 Å². The zero-order valence-electron chi connectivity index (χ0n) is 5.59. The molecule has 0 spiro atoms. The third-order valence-corrected chi connectivity index (χ3v) is 1.93. The number of halogens is 2. The standard InChI is InChI=1S/C8H5ClFN/c9-11-5-4-6-7(10)2-1-3-8(6)11/h1-5H. The van der Waals surface area contributed by atoms with Crippen molar-refractivity contribution in [3.8, 4) is 0 Å². The van der Waals surface area contributed by atoms with E-state index in [2.05, 4.69) is 0 Å². The molecule has 0 radical (unpaired) electrons. The van der Waals surface area contributed by atoms with Gasteiger partial charge in [0, 0.05) is 23.4 Å². The molecule has 56 valence electrons. The SMILES string of the molecule is Fc1cccc2c1ccn2Cl. The number of aromatic nitrogens is 1. The van der Waals surface area contributed by atoms with E-state index in [1.807, 2.05) is 0 Å². The third-order valence-electron chi connectivity index (χ3n) is 1.63. The first-order chi connectivity index (χ1) is 5.29. The Bertz CT molecular complexity index is 394.